The molecule has 138 valence electrons. The standard InChI is InChI=1S/C22H28N2O2/c1-15-13-17(3)21(14-16(15)2)18(4)23-22(25)19-5-7-20(8-6-19)24-9-11-26-12-10-24/h5-8,13-14,18H,9-12H2,1-4H3,(H,23,25)/t18-/m1/s1. The van der Waals surface area contributed by atoms with Gasteiger partial charge in [-0.3, -0.25) is 4.79 Å². The summed E-state index contributed by atoms with van der Waals surface area (Å²) >= 11 is 0. The van der Waals surface area contributed by atoms with Crippen LogP contribution in [0.1, 0.15) is 45.6 Å². The molecule has 1 N–H and O–H groups in total. The average Bonchev–Trinajstić information content (AvgIpc) is 2.65. The molecule has 4 nitrogen and oxygen atoms in total. The molecule has 0 radical (unpaired) electrons. The molecule has 0 bridgehead atoms. The highest BCUT2D eigenvalue weighted by atomic mass is 16.5. The molecule has 0 aromatic heterocycles. The van der Waals surface area contributed by atoms with Crippen LogP contribution in [0.4, 0.5) is 5.69 Å². The van der Waals surface area contributed by atoms with Gasteiger partial charge in [0.05, 0.1) is 19.3 Å². The topological polar surface area (TPSA) is 41.6 Å². The van der Waals surface area contributed by atoms with E-state index in [2.05, 4.69) is 43.1 Å². The van der Waals surface area contributed by atoms with Crippen LogP contribution in [0.3, 0.4) is 0 Å². The lowest BCUT2D eigenvalue weighted by molar-refractivity contribution is 0.0939. The Morgan fingerprint density at radius 3 is 2.27 bits per heavy atom. The molecule has 26 heavy (non-hydrogen) atoms. The zero-order valence-electron chi connectivity index (χ0n) is 16.1. The summed E-state index contributed by atoms with van der Waals surface area (Å²) in [5.41, 5.74) is 6.75. The number of anilines is 1. The summed E-state index contributed by atoms with van der Waals surface area (Å²) in [6.07, 6.45) is 0. The summed E-state index contributed by atoms with van der Waals surface area (Å²) in [7, 11) is 0. The van der Waals surface area contributed by atoms with Crippen molar-refractivity contribution >= 4 is 11.6 Å². The molecule has 2 aromatic carbocycles. The fourth-order valence-electron chi connectivity index (χ4n) is 3.45. The molecule has 1 fully saturated rings. The Morgan fingerprint density at radius 1 is 1.00 bits per heavy atom. The van der Waals surface area contributed by atoms with E-state index >= 15 is 0 Å². The maximum Gasteiger partial charge on any atom is 0.251 e. The van der Waals surface area contributed by atoms with Gasteiger partial charge in [-0.2, -0.15) is 0 Å². The third-order valence-electron chi connectivity index (χ3n) is 5.20. The number of nitrogens with zero attached hydrogens (tertiary/aromatic N) is 1. The van der Waals surface area contributed by atoms with E-state index in [1.165, 1.54) is 22.3 Å². The van der Waals surface area contributed by atoms with Crippen molar-refractivity contribution < 1.29 is 9.53 Å². The quantitative estimate of drug-likeness (QED) is 0.906. The summed E-state index contributed by atoms with van der Waals surface area (Å²) in [5, 5.41) is 3.13. The van der Waals surface area contributed by atoms with Crippen molar-refractivity contribution in [2.45, 2.75) is 33.7 Å². The fourth-order valence-corrected chi connectivity index (χ4v) is 3.45. The first-order valence-electron chi connectivity index (χ1n) is 9.27. The lowest BCUT2D eigenvalue weighted by atomic mass is 9.96. The summed E-state index contributed by atoms with van der Waals surface area (Å²) in [6, 6.07) is 12.2. The second-order valence-electron chi connectivity index (χ2n) is 7.13. The van der Waals surface area contributed by atoms with Crippen molar-refractivity contribution in [1.82, 2.24) is 5.32 Å². The van der Waals surface area contributed by atoms with E-state index in [0.717, 1.165) is 32.0 Å². The summed E-state index contributed by atoms with van der Waals surface area (Å²) in [6.45, 7) is 11.7. The number of nitrogens with one attached hydrogen (secondary N) is 1. The monoisotopic (exact) mass is 352 g/mol. The third-order valence-corrected chi connectivity index (χ3v) is 5.20. The smallest absolute Gasteiger partial charge is 0.251 e. The van der Waals surface area contributed by atoms with Gasteiger partial charge in [0.25, 0.3) is 5.91 Å². The molecule has 0 aliphatic carbocycles. The van der Waals surface area contributed by atoms with Gasteiger partial charge in [0.1, 0.15) is 0 Å². The van der Waals surface area contributed by atoms with E-state index in [9.17, 15) is 4.79 Å². The number of amides is 1. The molecule has 4 heteroatoms. The van der Waals surface area contributed by atoms with Crippen molar-refractivity contribution in [2.24, 2.45) is 0 Å². The van der Waals surface area contributed by atoms with Gasteiger partial charge in [0, 0.05) is 24.3 Å². The number of rotatable bonds is 4. The summed E-state index contributed by atoms with van der Waals surface area (Å²) in [5.74, 6) is -0.0383. The van der Waals surface area contributed by atoms with E-state index in [0.29, 0.717) is 5.56 Å². The number of aryl methyl sites for hydroxylation is 3. The van der Waals surface area contributed by atoms with Crippen LogP contribution in [0.5, 0.6) is 0 Å². The molecule has 0 spiro atoms. The molecular weight excluding hydrogens is 324 g/mol. The molecule has 3 rings (SSSR count). The molecule has 1 aliphatic heterocycles. The summed E-state index contributed by atoms with van der Waals surface area (Å²) in [4.78, 5) is 14.9. The van der Waals surface area contributed by atoms with Gasteiger partial charge < -0.3 is 15.0 Å². The van der Waals surface area contributed by atoms with Crippen molar-refractivity contribution in [1.29, 1.82) is 0 Å². The van der Waals surface area contributed by atoms with Gasteiger partial charge in [0.15, 0.2) is 0 Å². The van der Waals surface area contributed by atoms with E-state index in [4.69, 9.17) is 4.74 Å². The van der Waals surface area contributed by atoms with Gasteiger partial charge in [-0.25, -0.2) is 0 Å². The van der Waals surface area contributed by atoms with E-state index in [1.807, 2.05) is 31.2 Å². The zero-order valence-corrected chi connectivity index (χ0v) is 16.1. The lowest BCUT2D eigenvalue weighted by Crippen LogP contribution is -2.36. The molecule has 1 amide bonds. The van der Waals surface area contributed by atoms with Crippen molar-refractivity contribution in [3.05, 3.63) is 64.2 Å². The number of hydrogen-bond donors (Lipinski definition) is 1. The zero-order chi connectivity index (χ0) is 18.7. The maximum atomic E-state index is 12.6. The van der Waals surface area contributed by atoms with Gasteiger partial charge >= 0.3 is 0 Å². The van der Waals surface area contributed by atoms with Crippen molar-refractivity contribution in [3.63, 3.8) is 0 Å². The van der Waals surface area contributed by atoms with Crippen LogP contribution in [0, 0.1) is 20.8 Å². The highest BCUT2D eigenvalue weighted by Gasteiger charge is 2.15. The van der Waals surface area contributed by atoms with Gasteiger partial charge in [-0.05, 0) is 74.2 Å². The second kappa shape index (κ2) is 7.92. The third kappa shape index (κ3) is 4.07. The van der Waals surface area contributed by atoms with Crippen LogP contribution >= 0.6 is 0 Å². The molecule has 2 aromatic rings. The molecule has 1 saturated heterocycles. The van der Waals surface area contributed by atoms with Crippen LogP contribution in [-0.2, 0) is 4.74 Å². The highest BCUT2D eigenvalue weighted by molar-refractivity contribution is 5.94. The SMILES string of the molecule is Cc1cc(C)c([C@@H](C)NC(=O)c2ccc(N3CCOCC3)cc2)cc1C. The minimum atomic E-state index is -0.0383. The Balaban J connectivity index is 1.68. The van der Waals surface area contributed by atoms with Gasteiger partial charge in [-0.15, -0.1) is 0 Å². The fraction of sp³-hybridized carbons (Fsp3) is 0.409. The first-order valence-corrected chi connectivity index (χ1v) is 9.27. The highest BCUT2D eigenvalue weighted by Crippen LogP contribution is 2.22. The Bertz CT molecular complexity index is 777. The van der Waals surface area contributed by atoms with Gasteiger partial charge in [0.2, 0.25) is 0 Å². The van der Waals surface area contributed by atoms with Crippen LogP contribution in [0.2, 0.25) is 0 Å². The van der Waals surface area contributed by atoms with Crippen molar-refractivity contribution in [3.8, 4) is 0 Å². The lowest BCUT2D eigenvalue weighted by Gasteiger charge is -2.28. The van der Waals surface area contributed by atoms with Crippen LogP contribution in [0.15, 0.2) is 36.4 Å². The second-order valence-corrected chi connectivity index (χ2v) is 7.13. The Morgan fingerprint density at radius 2 is 1.62 bits per heavy atom. The average molecular weight is 352 g/mol. The van der Waals surface area contributed by atoms with Crippen LogP contribution in [-0.4, -0.2) is 32.2 Å². The van der Waals surface area contributed by atoms with Crippen LogP contribution < -0.4 is 10.2 Å². The molecule has 0 unspecified atom stereocenters. The predicted molar refractivity (Wildman–Crippen MR) is 106 cm³/mol. The maximum absolute atomic E-state index is 12.6. The molecular formula is C22H28N2O2. The Kier molecular flexibility index (Phi) is 5.62. The molecule has 1 heterocycles. The van der Waals surface area contributed by atoms with E-state index in [-0.39, 0.29) is 11.9 Å². The van der Waals surface area contributed by atoms with Crippen molar-refractivity contribution in [2.75, 3.05) is 31.2 Å². The molecule has 1 atom stereocenters. The van der Waals surface area contributed by atoms with Crippen LogP contribution in [0.25, 0.3) is 0 Å². The Labute approximate surface area is 156 Å². The largest absolute Gasteiger partial charge is 0.378 e. The number of hydrogen-bond acceptors (Lipinski definition) is 3. The van der Waals surface area contributed by atoms with E-state index < -0.39 is 0 Å². The molecule has 0 saturated carbocycles. The Hall–Kier alpha value is -2.33. The minimum Gasteiger partial charge on any atom is -0.378 e. The normalized spacial score (nSPS) is 15.6. The van der Waals surface area contributed by atoms with Gasteiger partial charge in [-0.1, -0.05) is 12.1 Å². The predicted octanol–water partition coefficient (Wildman–Crippen LogP) is 3.94. The first-order chi connectivity index (χ1) is 12.5. The first kappa shape index (κ1) is 18.5. The number of morpholine rings is 1. The number of carbonyl (C=O) groups excluding carboxylic acids is 1. The molecule has 1 aliphatic rings. The number of benzene rings is 2. The summed E-state index contributed by atoms with van der Waals surface area (Å²) < 4.78 is 5.39. The van der Waals surface area contributed by atoms with E-state index in [1.54, 1.807) is 0 Å². The minimum absolute atomic E-state index is 0.0271. The number of ether oxygens (including phenoxy) is 1. The number of carbonyl (C=O) groups is 1.